The van der Waals surface area contributed by atoms with Crippen LogP contribution in [0.25, 0.3) is 0 Å². The number of ether oxygens (including phenoxy) is 1. The summed E-state index contributed by atoms with van der Waals surface area (Å²) in [5.74, 6) is 0.553. The first-order valence-electron chi connectivity index (χ1n) is 8.38. The molecule has 0 aliphatic carbocycles. The first-order valence-corrected chi connectivity index (χ1v) is 8.38. The fourth-order valence-electron chi connectivity index (χ4n) is 3.30. The molecular formula is C19H23N3O3. The van der Waals surface area contributed by atoms with Gasteiger partial charge in [0.05, 0.1) is 12.7 Å². The Labute approximate surface area is 147 Å². The summed E-state index contributed by atoms with van der Waals surface area (Å²) in [5, 5.41) is 0. The average molecular weight is 341 g/mol. The van der Waals surface area contributed by atoms with Gasteiger partial charge in [0.15, 0.2) is 0 Å². The van der Waals surface area contributed by atoms with Gasteiger partial charge in [0.1, 0.15) is 11.4 Å². The third-order valence-electron chi connectivity index (χ3n) is 4.54. The Hall–Kier alpha value is -2.76. The lowest BCUT2D eigenvalue weighted by molar-refractivity contribution is 0.0530. The van der Waals surface area contributed by atoms with Crippen LogP contribution in [0.3, 0.4) is 0 Å². The molecule has 6 heteroatoms. The molecule has 132 valence electrons. The largest absolute Gasteiger partial charge is 0.496 e. The molecule has 0 bridgehead atoms. The summed E-state index contributed by atoms with van der Waals surface area (Å²) < 4.78 is 5.44. The number of nitrogens with zero attached hydrogens (tertiary/aromatic N) is 2. The van der Waals surface area contributed by atoms with E-state index in [1.165, 1.54) is 0 Å². The summed E-state index contributed by atoms with van der Waals surface area (Å²) in [6.07, 6.45) is 1.74. The van der Waals surface area contributed by atoms with Crippen molar-refractivity contribution in [1.82, 2.24) is 14.8 Å². The van der Waals surface area contributed by atoms with Gasteiger partial charge in [0.2, 0.25) is 0 Å². The maximum Gasteiger partial charge on any atom is 0.270 e. The van der Waals surface area contributed by atoms with Gasteiger partial charge < -0.3 is 19.5 Å². The Morgan fingerprint density at radius 3 is 2.24 bits per heavy atom. The zero-order valence-corrected chi connectivity index (χ0v) is 14.8. The molecule has 0 saturated carbocycles. The molecule has 1 aliphatic rings. The Bertz CT molecular complexity index is 775. The number of aromatic amines is 1. The van der Waals surface area contributed by atoms with Crippen LogP contribution in [0.2, 0.25) is 0 Å². The molecule has 1 N–H and O–H groups in total. The highest BCUT2D eigenvalue weighted by atomic mass is 16.5. The molecule has 0 radical (unpaired) electrons. The van der Waals surface area contributed by atoms with Gasteiger partial charge in [-0.05, 0) is 43.2 Å². The number of hydrogen-bond donors (Lipinski definition) is 1. The van der Waals surface area contributed by atoms with E-state index in [4.69, 9.17) is 4.74 Å². The van der Waals surface area contributed by atoms with E-state index < -0.39 is 0 Å². The normalized spacial score (nSPS) is 14.5. The van der Waals surface area contributed by atoms with E-state index in [0.29, 0.717) is 43.2 Å². The van der Waals surface area contributed by atoms with Gasteiger partial charge in [-0.2, -0.15) is 0 Å². The fourth-order valence-corrected chi connectivity index (χ4v) is 3.30. The van der Waals surface area contributed by atoms with Crippen molar-refractivity contribution in [2.45, 2.75) is 13.8 Å². The second-order valence-corrected chi connectivity index (χ2v) is 6.33. The summed E-state index contributed by atoms with van der Waals surface area (Å²) in [5.41, 5.74) is 3.15. The number of amides is 2. The Balaban J connectivity index is 1.71. The lowest BCUT2D eigenvalue weighted by Gasteiger charge is -2.35. The van der Waals surface area contributed by atoms with Gasteiger partial charge in [-0.1, -0.05) is 6.07 Å². The number of methoxy groups -OCH3 is 1. The molecule has 2 heterocycles. The monoisotopic (exact) mass is 341 g/mol. The number of carbonyl (C=O) groups is 2. The van der Waals surface area contributed by atoms with Crippen LogP contribution >= 0.6 is 0 Å². The molecule has 1 fully saturated rings. The maximum absolute atomic E-state index is 12.9. The van der Waals surface area contributed by atoms with Crippen molar-refractivity contribution in [1.29, 1.82) is 0 Å². The average Bonchev–Trinajstić information content (AvgIpc) is 3.14. The van der Waals surface area contributed by atoms with Crippen LogP contribution in [0, 0.1) is 13.8 Å². The van der Waals surface area contributed by atoms with Crippen LogP contribution in [-0.2, 0) is 0 Å². The van der Waals surface area contributed by atoms with Gasteiger partial charge in [-0.25, -0.2) is 0 Å². The van der Waals surface area contributed by atoms with Crippen molar-refractivity contribution in [3.63, 3.8) is 0 Å². The zero-order chi connectivity index (χ0) is 18.0. The number of nitrogens with one attached hydrogen (secondary N) is 1. The van der Waals surface area contributed by atoms with Gasteiger partial charge in [-0.3, -0.25) is 9.59 Å². The predicted molar refractivity (Wildman–Crippen MR) is 95.1 cm³/mol. The summed E-state index contributed by atoms with van der Waals surface area (Å²) in [7, 11) is 1.58. The van der Waals surface area contributed by atoms with E-state index in [1.54, 1.807) is 35.2 Å². The molecular weight excluding hydrogens is 318 g/mol. The molecule has 1 aromatic heterocycles. The van der Waals surface area contributed by atoms with Crippen LogP contribution < -0.4 is 4.74 Å². The minimum Gasteiger partial charge on any atom is -0.496 e. The number of benzene rings is 1. The van der Waals surface area contributed by atoms with Crippen molar-refractivity contribution in [2.24, 2.45) is 0 Å². The third-order valence-corrected chi connectivity index (χ3v) is 4.54. The van der Waals surface area contributed by atoms with E-state index >= 15 is 0 Å². The maximum atomic E-state index is 12.9. The van der Waals surface area contributed by atoms with Crippen LogP contribution in [0.5, 0.6) is 5.75 Å². The third kappa shape index (κ3) is 3.38. The zero-order valence-electron chi connectivity index (χ0n) is 14.8. The second kappa shape index (κ2) is 7.01. The highest BCUT2D eigenvalue weighted by Crippen LogP contribution is 2.26. The van der Waals surface area contributed by atoms with Gasteiger partial charge >= 0.3 is 0 Å². The minimum atomic E-state index is -0.0457. The molecule has 6 nitrogen and oxygen atoms in total. The lowest BCUT2D eigenvalue weighted by atomic mass is 10.0. The number of aromatic nitrogens is 1. The highest BCUT2D eigenvalue weighted by Gasteiger charge is 2.27. The van der Waals surface area contributed by atoms with Crippen molar-refractivity contribution < 1.29 is 14.3 Å². The minimum absolute atomic E-state index is 0.0268. The second-order valence-electron chi connectivity index (χ2n) is 6.33. The van der Waals surface area contributed by atoms with Gasteiger partial charge in [-0.15, -0.1) is 0 Å². The first kappa shape index (κ1) is 17.1. The van der Waals surface area contributed by atoms with E-state index in [9.17, 15) is 9.59 Å². The first-order chi connectivity index (χ1) is 12.0. The smallest absolute Gasteiger partial charge is 0.270 e. The Morgan fingerprint density at radius 1 is 1.04 bits per heavy atom. The SMILES string of the molecule is COc1c(C)cc(C)cc1C(=O)N1CCN(C(=O)c2ccc[nH]2)CC1. The van der Waals surface area contributed by atoms with Crippen molar-refractivity contribution >= 4 is 11.8 Å². The number of piperazine rings is 1. The summed E-state index contributed by atoms with van der Waals surface area (Å²) in [4.78, 5) is 31.8. The lowest BCUT2D eigenvalue weighted by Crippen LogP contribution is -2.50. The van der Waals surface area contributed by atoms with Crippen LogP contribution in [0.4, 0.5) is 0 Å². The number of aryl methyl sites for hydroxylation is 2. The molecule has 1 saturated heterocycles. The van der Waals surface area contributed by atoms with E-state index in [1.807, 2.05) is 26.0 Å². The highest BCUT2D eigenvalue weighted by molar-refractivity contribution is 5.98. The number of carbonyl (C=O) groups excluding carboxylic acids is 2. The van der Waals surface area contributed by atoms with E-state index in [-0.39, 0.29) is 11.8 Å². The predicted octanol–water partition coefficient (Wildman–Crippen LogP) is 2.24. The van der Waals surface area contributed by atoms with Gasteiger partial charge in [0, 0.05) is 32.4 Å². The molecule has 0 spiro atoms. The Morgan fingerprint density at radius 2 is 1.68 bits per heavy atom. The molecule has 1 aliphatic heterocycles. The van der Waals surface area contributed by atoms with E-state index in [0.717, 1.165) is 11.1 Å². The molecule has 2 amide bonds. The standard InChI is InChI=1S/C19H23N3O3/c1-13-11-14(2)17(25-3)15(12-13)18(23)21-7-9-22(10-8-21)19(24)16-5-4-6-20-16/h4-6,11-12,20H,7-10H2,1-3H3. The number of rotatable bonds is 3. The van der Waals surface area contributed by atoms with Crippen molar-refractivity contribution in [2.75, 3.05) is 33.3 Å². The topological polar surface area (TPSA) is 65.6 Å². The Kier molecular flexibility index (Phi) is 4.79. The van der Waals surface area contributed by atoms with Gasteiger partial charge in [0.25, 0.3) is 11.8 Å². The van der Waals surface area contributed by atoms with Crippen molar-refractivity contribution in [3.05, 3.63) is 52.8 Å². The summed E-state index contributed by atoms with van der Waals surface area (Å²) >= 11 is 0. The molecule has 0 atom stereocenters. The van der Waals surface area contributed by atoms with Crippen molar-refractivity contribution in [3.8, 4) is 5.75 Å². The summed E-state index contributed by atoms with van der Waals surface area (Å²) in [6.45, 7) is 5.99. The molecule has 25 heavy (non-hydrogen) atoms. The van der Waals surface area contributed by atoms with Crippen LogP contribution in [0.1, 0.15) is 32.0 Å². The summed E-state index contributed by atoms with van der Waals surface area (Å²) in [6, 6.07) is 7.44. The molecule has 1 aromatic carbocycles. The quantitative estimate of drug-likeness (QED) is 0.931. The molecule has 0 unspecified atom stereocenters. The van der Waals surface area contributed by atoms with E-state index in [2.05, 4.69) is 4.98 Å². The fraction of sp³-hybridized carbons (Fsp3) is 0.368. The molecule has 2 aromatic rings. The molecule has 3 rings (SSSR count). The number of hydrogen-bond acceptors (Lipinski definition) is 3. The number of H-pyrrole nitrogens is 1. The van der Waals surface area contributed by atoms with Crippen LogP contribution in [0.15, 0.2) is 30.5 Å². The van der Waals surface area contributed by atoms with Crippen LogP contribution in [-0.4, -0.2) is 59.9 Å².